The minimum atomic E-state index is -0.795. The van der Waals surface area contributed by atoms with Gasteiger partial charge in [-0.2, -0.15) is 0 Å². The second-order valence-electron chi connectivity index (χ2n) is 5.81. The van der Waals surface area contributed by atoms with Crippen LogP contribution < -0.4 is 0 Å². The van der Waals surface area contributed by atoms with Gasteiger partial charge in [-0.15, -0.1) is 0 Å². The Labute approximate surface area is 145 Å². The number of amides is 1. The zero-order chi connectivity index (χ0) is 17.0. The fraction of sp³-hybridized carbons (Fsp3) is 0.625. The average Bonchev–Trinajstić information content (AvgIpc) is 2.93. The molecule has 1 amide bonds. The highest BCUT2D eigenvalue weighted by Gasteiger charge is 2.28. The molecule has 1 saturated heterocycles. The summed E-state index contributed by atoms with van der Waals surface area (Å²) in [5.41, 5.74) is 0.704. The van der Waals surface area contributed by atoms with E-state index in [2.05, 4.69) is 15.9 Å². The number of carboxylic acid groups (broad SMARTS) is 1. The van der Waals surface area contributed by atoms with Crippen LogP contribution in [-0.4, -0.2) is 63.6 Å². The van der Waals surface area contributed by atoms with Gasteiger partial charge in [0.05, 0.1) is 6.54 Å². The quantitative estimate of drug-likeness (QED) is 0.815. The summed E-state index contributed by atoms with van der Waals surface area (Å²) in [5, 5.41) is 8.98. The van der Waals surface area contributed by atoms with E-state index in [-0.39, 0.29) is 18.5 Å². The van der Waals surface area contributed by atoms with Gasteiger partial charge in [0.15, 0.2) is 0 Å². The summed E-state index contributed by atoms with van der Waals surface area (Å²) >= 11 is 3.42. The van der Waals surface area contributed by atoms with Crippen LogP contribution in [0.2, 0.25) is 0 Å². The normalized spacial score (nSPS) is 16.1. The molecule has 1 aliphatic rings. The van der Waals surface area contributed by atoms with Gasteiger partial charge in [0.2, 0.25) is 0 Å². The fourth-order valence-corrected chi connectivity index (χ4v) is 3.65. The number of nitrogens with zero attached hydrogens (tertiary/aromatic N) is 3. The number of aliphatic carboxylic acids is 1. The van der Waals surface area contributed by atoms with Crippen LogP contribution in [0.1, 0.15) is 37.2 Å². The highest BCUT2D eigenvalue weighted by molar-refractivity contribution is 9.10. The second-order valence-corrected chi connectivity index (χ2v) is 6.73. The molecule has 1 aromatic rings. The maximum Gasteiger partial charge on any atom is 0.317 e. The van der Waals surface area contributed by atoms with E-state index in [0.717, 1.165) is 30.4 Å². The van der Waals surface area contributed by atoms with Crippen molar-refractivity contribution in [2.75, 3.05) is 26.2 Å². The molecule has 0 atom stereocenters. The molecule has 128 valence electrons. The molecule has 2 rings (SSSR count). The van der Waals surface area contributed by atoms with Crippen molar-refractivity contribution in [3.63, 3.8) is 0 Å². The van der Waals surface area contributed by atoms with E-state index in [4.69, 9.17) is 5.11 Å². The maximum atomic E-state index is 12.7. The summed E-state index contributed by atoms with van der Waals surface area (Å²) in [5.74, 6) is -0.742. The van der Waals surface area contributed by atoms with Crippen LogP contribution >= 0.6 is 15.9 Å². The maximum absolute atomic E-state index is 12.7. The first-order chi connectivity index (χ1) is 11.0. The molecule has 0 aromatic carbocycles. The molecule has 0 radical (unpaired) electrons. The van der Waals surface area contributed by atoms with Gasteiger partial charge in [-0.3, -0.25) is 14.5 Å². The van der Waals surface area contributed by atoms with Crippen molar-refractivity contribution in [3.8, 4) is 0 Å². The molecular formula is C16H24BrN3O3. The van der Waals surface area contributed by atoms with Crippen molar-refractivity contribution in [3.05, 3.63) is 22.4 Å². The summed E-state index contributed by atoms with van der Waals surface area (Å²) in [4.78, 5) is 27.5. The number of carbonyl (C=O) groups excluding carboxylic acids is 1. The van der Waals surface area contributed by atoms with Gasteiger partial charge >= 0.3 is 5.97 Å². The molecule has 6 nitrogen and oxygen atoms in total. The number of likely N-dealkylation sites (tertiary alicyclic amines) is 1. The lowest BCUT2D eigenvalue weighted by Crippen LogP contribution is -2.48. The van der Waals surface area contributed by atoms with E-state index in [1.54, 1.807) is 0 Å². The Morgan fingerprint density at radius 2 is 2.00 bits per heavy atom. The SMILES string of the molecule is CCN(CC(=O)O)C1CCN(C(=O)c2cc(Br)cn2CC)CC1. The lowest BCUT2D eigenvalue weighted by atomic mass is 10.0. The average molecular weight is 386 g/mol. The largest absolute Gasteiger partial charge is 0.480 e. The van der Waals surface area contributed by atoms with Gasteiger partial charge in [-0.05, 0) is 48.3 Å². The Bertz CT molecular complexity index is 565. The molecule has 0 bridgehead atoms. The third-order valence-electron chi connectivity index (χ3n) is 4.44. The number of halogens is 1. The van der Waals surface area contributed by atoms with Crippen molar-refractivity contribution in [1.82, 2.24) is 14.4 Å². The number of hydrogen-bond donors (Lipinski definition) is 1. The Balaban J connectivity index is 1.98. The molecule has 0 aliphatic carbocycles. The molecule has 1 fully saturated rings. The predicted octanol–water partition coefficient (Wildman–Crippen LogP) is 2.28. The van der Waals surface area contributed by atoms with E-state index in [1.165, 1.54) is 0 Å². The number of rotatable bonds is 6. The second kappa shape index (κ2) is 7.97. The van der Waals surface area contributed by atoms with E-state index >= 15 is 0 Å². The number of carboxylic acids is 1. The predicted molar refractivity (Wildman–Crippen MR) is 91.6 cm³/mol. The third kappa shape index (κ3) is 4.35. The number of piperidine rings is 1. The van der Waals surface area contributed by atoms with Crippen LogP contribution in [0.4, 0.5) is 0 Å². The van der Waals surface area contributed by atoms with Crippen molar-refractivity contribution >= 4 is 27.8 Å². The van der Waals surface area contributed by atoms with E-state index in [9.17, 15) is 9.59 Å². The molecule has 2 heterocycles. The molecule has 1 aromatic heterocycles. The molecule has 0 unspecified atom stereocenters. The monoisotopic (exact) mass is 385 g/mol. The minimum absolute atomic E-state index is 0.0530. The van der Waals surface area contributed by atoms with Crippen molar-refractivity contribution in [2.45, 2.75) is 39.3 Å². The summed E-state index contributed by atoms with van der Waals surface area (Å²) in [6, 6.07) is 2.10. The fourth-order valence-electron chi connectivity index (χ4n) is 3.18. The van der Waals surface area contributed by atoms with E-state index < -0.39 is 5.97 Å². The van der Waals surface area contributed by atoms with Gasteiger partial charge in [-0.1, -0.05) is 6.92 Å². The Morgan fingerprint density at radius 3 is 2.52 bits per heavy atom. The smallest absolute Gasteiger partial charge is 0.317 e. The highest BCUT2D eigenvalue weighted by atomic mass is 79.9. The minimum Gasteiger partial charge on any atom is -0.480 e. The topological polar surface area (TPSA) is 65.8 Å². The van der Waals surface area contributed by atoms with Gasteiger partial charge in [0.25, 0.3) is 5.91 Å². The zero-order valence-corrected chi connectivity index (χ0v) is 15.3. The van der Waals surface area contributed by atoms with E-state index in [1.807, 2.05) is 40.5 Å². The standard InChI is InChI=1S/C16H24BrN3O3/c1-3-18(11-15(21)22)13-5-7-20(8-6-13)16(23)14-9-12(17)10-19(14)4-2/h9-10,13H,3-8,11H2,1-2H3,(H,21,22). The Hall–Kier alpha value is -1.34. The first-order valence-corrected chi connectivity index (χ1v) is 8.86. The molecule has 7 heteroatoms. The first kappa shape index (κ1) is 18.0. The number of aryl methyl sites for hydroxylation is 1. The van der Waals surface area contributed by atoms with Crippen LogP contribution in [0.15, 0.2) is 16.7 Å². The lowest BCUT2D eigenvalue weighted by Gasteiger charge is -2.37. The van der Waals surface area contributed by atoms with Gasteiger partial charge in [-0.25, -0.2) is 0 Å². The van der Waals surface area contributed by atoms with Crippen LogP contribution in [0, 0.1) is 0 Å². The number of likely N-dealkylation sites (N-methyl/N-ethyl adjacent to an activating group) is 1. The van der Waals surface area contributed by atoms with Crippen LogP contribution in [-0.2, 0) is 11.3 Å². The molecule has 0 spiro atoms. The van der Waals surface area contributed by atoms with Crippen LogP contribution in [0.25, 0.3) is 0 Å². The lowest BCUT2D eigenvalue weighted by molar-refractivity contribution is -0.139. The van der Waals surface area contributed by atoms with E-state index in [0.29, 0.717) is 18.8 Å². The van der Waals surface area contributed by atoms with Gasteiger partial charge < -0.3 is 14.6 Å². The molecule has 1 aliphatic heterocycles. The molecular weight excluding hydrogens is 362 g/mol. The Kier molecular flexibility index (Phi) is 6.24. The Morgan fingerprint density at radius 1 is 1.35 bits per heavy atom. The highest BCUT2D eigenvalue weighted by Crippen LogP contribution is 2.21. The van der Waals surface area contributed by atoms with Crippen LogP contribution in [0.5, 0.6) is 0 Å². The van der Waals surface area contributed by atoms with Crippen molar-refractivity contribution in [2.24, 2.45) is 0 Å². The van der Waals surface area contributed by atoms with Gasteiger partial charge in [0, 0.05) is 36.3 Å². The summed E-state index contributed by atoms with van der Waals surface area (Å²) in [6.45, 7) is 6.88. The molecule has 0 saturated carbocycles. The van der Waals surface area contributed by atoms with Crippen molar-refractivity contribution < 1.29 is 14.7 Å². The summed E-state index contributed by atoms with van der Waals surface area (Å²) in [6.07, 6.45) is 3.56. The summed E-state index contributed by atoms with van der Waals surface area (Å²) < 4.78 is 2.86. The number of carbonyl (C=O) groups is 2. The van der Waals surface area contributed by atoms with Gasteiger partial charge in [0.1, 0.15) is 5.69 Å². The molecule has 1 N–H and O–H groups in total. The third-order valence-corrected chi connectivity index (χ3v) is 4.87. The zero-order valence-electron chi connectivity index (χ0n) is 13.7. The molecule has 23 heavy (non-hydrogen) atoms. The summed E-state index contributed by atoms with van der Waals surface area (Å²) in [7, 11) is 0. The first-order valence-electron chi connectivity index (χ1n) is 8.07. The number of aromatic nitrogens is 1. The van der Waals surface area contributed by atoms with Crippen molar-refractivity contribution in [1.29, 1.82) is 0 Å². The van der Waals surface area contributed by atoms with Crippen LogP contribution in [0.3, 0.4) is 0 Å². The number of hydrogen-bond acceptors (Lipinski definition) is 3.